The first-order valence-electron chi connectivity index (χ1n) is 5.84. The standard InChI is InChI=1S/C14H9BrF2N2O/c15-8-5-9(16)14(10(17)6-8)20-7-13-18-11-3-1-2-4-12(11)19-13/h1-6H,7H2,(H,18,19). The van der Waals surface area contributed by atoms with Crippen LogP contribution in [0.4, 0.5) is 8.78 Å². The number of benzene rings is 2. The molecule has 0 saturated carbocycles. The Kier molecular flexibility index (Phi) is 3.40. The second-order valence-electron chi connectivity index (χ2n) is 4.19. The van der Waals surface area contributed by atoms with E-state index in [9.17, 15) is 8.78 Å². The van der Waals surface area contributed by atoms with Crippen LogP contribution >= 0.6 is 15.9 Å². The number of H-pyrrole nitrogens is 1. The van der Waals surface area contributed by atoms with Gasteiger partial charge in [-0.05, 0) is 24.3 Å². The van der Waals surface area contributed by atoms with Gasteiger partial charge in [-0.3, -0.25) is 0 Å². The lowest BCUT2D eigenvalue weighted by Gasteiger charge is -2.07. The molecule has 0 spiro atoms. The fraction of sp³-hybridized carbons (Fsp3) is 0.0714. The molecule has 0 unspecified atom stereocenters. The average molecular weight is 339 g/mol. The van der Waals surface area contributed by atoms with E-state index >= 15 is 0 Å². The second kappa shape index (κ2) is 5.20. The first kappa shape index (κ1) is 13.1. The van der Waals surface area contributed by atoms with Gasteiger partial charge in [0.1, 0.15) is 12.4 Å². The van der Waals surface area contributed by atoms with E-state index in [1.165, 1.54) is 0 Å². The molecular weight excluding hydrogens is 330 g/mol. The smallest absolute Gasteiger partial charge is 0.191 e. The normalized spacial score (nSPS) is 10.9. The number of para-hydroxylation sites is 2. The predicted octanol–water partition coefficient (Wildman–Crippen LogP) is 4.18. The maximum atomic E-state index is 13.6. The van der Waals surface area contributed by atoms with Crippen molar-refractivity contribution in [3.63, 3.8) is 0 Å². The minimum absolute atomic E-state index is 0.0375. The first-order chi connectivity index (χ1) is 9.63. The van der Waals surface area contributed by atoms with Crippen LogP contribution in [0.2, 0.25) is 0 Å². The molecule has 1 aromatic heterocycles. The fourth-order valence-corrected chi connectivity index (χ4v) is 2.28. The van der Waals surface area contributed by atoms with Crippen LogP contribution in [-0.4, -0.2) is 9.97 Å². The summed E-state index contributed by atoms with van der Waals surface area (Å²) in [6.45, 7) is -0.0375. The molecule has 0 aliphatic rings. The summed E-state index contributed by atoms with van der Waals surface area (Å²) < 4.78 is 32.7. The molecule has 3 rings (SSSR count). The quantitative estimate of drug-likeness (QED) is 0.777. The van der Waals surface area contributed by atoms with Crippen LogP contribution in [0.25, 0.3) is 11.0 Å². The predicted molar refractivity (Wildman–Crippen MR) is 74.5 cm³/mol. The van der Waals surface area contributed by atoms with E-state index in [1.54, 1.807) is 0 Å². The minimum atomic E-state index is -0.756. The molecule has 0 radical (unpaired) electrons. The molecule has 1 N–H and O–H groups in total. The Bertz CT molecular complexity index is 717. The number of ether oxygens (including phenoxy) is 1. The minimum Gasteiger partial charge on any atom is -0.480 e. The van der Waals surface area contributed by atoms with E-state index in [0.29, 0.717) is 10.3 Å². The van der Waals surface area contributed by atoms with E-state index in [2.05, 4.69) is 25.9 Å². The Balaban J connectivity index is 1.83. The van der Waals surface area contributed by atoms with E-state index in [0.717, 1.165) is 23.2 Å². The van der Waals surface area contributed by atoms with Crippen molar-refractivity contribution in [3.05, 3.63) is 58.3 Å². The van der Waals surface area contributed by atoms with Gasteiger partial charge in [0.15, 0.2) is 17.4 Å². The van der Waals surface area contributed by atoms with Gasteiger partial charge in [-0.1, -0.05) is 28.1 Å². The Morgan fingerprint density at radius 2 is 1.85 bits per heavy atom. The molecule has 1 heterocycles. The third-order valence-corrected chi connectivity index (χ3v) is 3.21. The van der Waals surface area contributed by atoms with E-state index in [-0.39, 0.29) is 6.61 Å². The summed E-state index contributed by atoms with van der Waals surface area (Å²) >= 11 is 3.01. The number of halogens is 3. The molecule has 20 heavy (non-hydrogen) atoms. The zero-order valence-electron chi connectivity index (χ0n) is 10.2. The van der Waals surface area contributed by atoms with Gasteiger partial charge >= 0.3 is 0 Å². The van der Waals surface area contributed by atoms with Crippen LogP contribution in [0, 0.1) is 11.6 Å². The Labute approximate surface area is 121 Å². The van der Waals surface area contributed by atoms with Gasteiger partial charge in [-0.2, -0.15) is 0 Å². The van der Waals surface area contributed by atoms with Crippen molar-refractivity contribution in [3.8, 4) is 5.75 Å². The number of imidazole rings is 1. The molecule has 0 aliphatic carbocycles. The topological polar surface area (TPSA) is 37.9 Å². The highest BCUT2D eigenvalue weighted by atomic mass is 79.9. The fourth-order valence-electron chi connectivity index (χ4n) is 1.88. The first-order valence-corrected chi connectivity index (χ1v) is 6.64. The van der Waals surface area contributed by atoms with Crippen LogP contribution in [0.1, 0.15) is 5.82 Å². The summed E-state index contributed by atoms with van der Waals surface area (Å²) in [6, 6.07) is 9.75. The van der Waals surface area contributed by atoms with Crippen molar-refractivity contribution >= 4 is 27.0 Å². The SMILES string of the molecule is Fc1cc(Br)cc(F)c1OCc1nc2ccccc2[nH]1. The van der Waals surface area contributed by atoms with Gasteiger partial charge in [0, 0.05) is 4.47 Å². The molecule has 0 fully saturated rings. The largest absolute Gasteiger partial charge is 0.480 e. The Hall–Kier alpha value is -1.95. The van der Waals surface area contributed by atoms with Gasteiger partial charge in [0.25, 0.3) is 0 Å². The number of aromatic amines is 1. The maximum absolute atomic E-state index is 13.6. The van der Waals surface area contributed by atoms with Gasteiger partial charge in [-0.25, -0.2) is 13.8 Å². The molecule has 102 valence electrons. The van der Waals surface area contributed by atoms with Gasteiger partial charge in [0.05, 0.1) is 11.0 Å². The van der Waals surface area contributed by atoms with Gasteiger partial charge in [-0.15, -0.1) is 0 Å². The molecule has 0 amide bonds. The van der Waals surface area contributed by atoms with Crippen LogP contribution < -0.4 is 4.74 Å². The molecule has 0 aliphatic heterocycles. The molecule has 2 aromatic carbocycles. The highest BCUT2D eigenvalue weighted by molar-refractivity contribution is 9.10. The molecule has 3 nitrogen and oxygen atoms in total. The molecular formula is C14H9BrF2N2O. The number of fused-ring (bicyclic) bond motifs is 1. The van der Waals surface area contributed by atoms with Crippen molar-refractivity contribution in [2.24, 2.45) is 0 Å². The van der Waals surface area contributed by atoms with Gasteiger partial charge in [0.2, 0.25) is 0 Å². The highest BCUT2D eigenvalue weighted by Crippen LogP contribution is 2.26. The average Bonchev–Trinajstić information content (AvgIpc) is 2.80. The van der Waals surface area contributed by atoms with Crippen molar-refractivity contribution in [2.45, 2.75) is 6.61 Å². The maximum Gasteiger partial charge on any atom is 0.191 e. The van der Waals surface area contributed by atoms with Crippen molar-refractivity contribution in [2.75, 3.05) is 0 Å². The summed E-state index contributed by atoms with van der Waals surface area (Å²) in [5.41, 5.74) is 1.63. The molecule has 0 bridgehead atoms. The third-order valence-electron chi connectivity index (χ3n) is 2.75. The summed E-state index contributed by atoms with van der Waals surface area (Å²) in [4.78, 5) is 7.30. The molecule has 0 atom stereocenters. The number of hydrogen-bond acceptors (Lipinski definition) is 2. The van der Waals surface area contributed by atoms with E-state index in [1.807, 2.05) is 24.3 Å². The zero-order chi connectivity index (χ0) is 14.1. The van der Waals surface area contributed by atoms with Gasteiger partial charge < -0.3 is 9.72 Å². The second-order valence-corrected chi connectivity index (χ2v) is 5.10. The monoisotopic (exact) mass is 338 g/mol. The van der Waals surface area contributed by atoms with E-state index in [4.69, 9.17) is 4.74 Å². The number of hydrogen-bond donors (Lipinski definition) is 1. The summed E-state index contributed by atoms with van der Waals surface area (Å²) in [5, 5.41) is 0. The van der Waals surface area contributed by atoms with Crippen molar-refractivity contribution in [1.29, 1.82) is 0 Å². The molecule has 6 heteroatoms. The molecule has 3 aromatic rings. The number of nitrogens with zero attached hydrogens (tertiary/aromatic N) is 1. The van der Waals surface area contributed by atoms with Crippen molar-refractivity contribution in [1.82, 2.24) is 9.97 Å². The van der Waals surface area contributed by atoms with Crippen molar-refractivity contribution < 1.29 is 13.5 Å². The summed E-state index contributed by atoms with van der Waals surface area (Å²) in [6.07, 6.45) is 0. The van der Waals surface area contributed by atoms with E-state index < -0.39 is 17.4 Å². The number of nitrogens with one attached hydrogen (secondary N) is 1. The summed E-state index contributed by atoms with van der Waals surface area (Å²) in [7, 11) is 0. The summed E-state index contributed by atoms with van der Waals surface area (Å²) in [5.74, 6) is -1.41. The number of aromatic nitrogens is 2. The lowest BCUT2D eigenvalue weighted by molar-refractivity contribution is 0.267. The Morgan fingerprint density at radius 1 is 1.15 bits per heavy atom. The van der Waals surface area contributed by atoms with Crippen LogP contribution in [-0.2, 0) is 6.61 Å². The Morgan fingerprint density at radius 3 is 2.55 bits per heavy atom. The van der Waals surface area contributed by atoms with Crippen LogP contribution in [0.3, 0.4) is 0 Å². The molecule has 0 saturated heterocycles. The lowest BCUT2D eigenvalue weighted by Crippen LogP contribution is -2.01. The van der Waals surface area contributed by atoms with Crippen LogP contribution in [0.5, 0.6) is 5.75 Å². The highest BCUT2D eigenvalue weighted by Gasteiger charge is 2.13. The third kappa shape index (κ3) is 2.51. The number of rotatable bonds is 3. The van der Waals surface area contributed by atoms with Crippen LogP contribution in [0.15, 0.2) is 40.9 Å². The lowest BCUT2D eigenvalue weighted by atomic mass is 10.3. The zero-order valence-corrected chi connectivity index (χ0v) is 11.7.